The zero-order valence-corrected chi connectivity index (χ0v) is 16.7. The fourth-order valence-corrected chi connectivity index (χ4v) is 4.08. The SMILES string of the molecule is C=CCCC[C@H]1CC[C@H](c2ccc(C(F)(F)Oc3cc(F)c(F)c(F)c3)cc2)CC1. The summed E-state index contributed by atoms with van der Waals surface area (Å²) in [4.78, 5) is 0. The van der Waals surface area contributed by atoms with Gasteiger partial charge in [0.05, 0.1) is 5.56 Å². The van der Waals surface area contributed by atoms with E-state index in [-0.39, 0.29) is 0 Å². The first kappa shape index (κ1) is 22.3. The summed E-state index contributed by atoms with van der Waals surface area (Å²) >= 11 is 0. The Morgan fingerprint density at radius 3 is 2.13 bits per heavy atom. The molecule has 1 nitrogen and oxygen atoms in total. The maximum atomic E-state index is 14.4. The van der Waals surface area contributed by atoms with Crippen LogP contribution in [0.2, 0.25) is 0 Å². The largest absolute Gasteiger partial charge is 0.429 e. The van der Waals surface area contributed by atoms with E-state index in [1.165, 1.54) is 18.6 Å². The van der Waals surface area contributed by atoms with Crippen LogP contribution in [0.4, 0.5) is 22.0 Å². The molecule has 1 saturated carbocycles. The molecule has 0 aliphatic heterocycles. The van der Waals surface area contributed by atoms with Crippen molar-refractivity contribution in [3.05, 3.63) is 77.6 Å². The molecule has 0 amide bonds. The number of unbranched alkanes of at least 4 members (excludes halogenated alkanes) is 1. The highest BCUT2D eigenvalue weighted by molar-refractivity contribution is 5.30. The van der Waals surface area contributed by atoms with Crippen molar-refractivity contribution in [3.8, 4) is 5.75 Å². The molecule has 0 unspecified atom stereocenters. The van der Waals surface area contributed by atoms with Gasteiger partial charge in [-0.05, 0) is 68.1 Å². The van der Waals surface area contributed by atoms with Gasteiger partial charge in [-0.25, -0.2) is 13.2 Å². The zero-order chi connectivity index (χ0) is 21.7. The maximum Gasteiger partial charge on any atom is 0.426 e. The van der Waals surface area contributed by atoms with Crippen molar-refractivity contribution in [2.75, 3.05) is 0 Å². The van der Waals surface area contributed by atoms with Crippen molar-refractivity contribution < 1.29 is 26.7 Å². The Kier molecular flexibility index (Phi) is 7.16. The molecule has 0 saturated heterocycles. The number of rotatable bonds is 8. The summed E-state index contributed by atoms with van der Waals surface area (Å²) in [5.41, 5.74) is 0.562. The van der Waals surface area contributed by atoms with Gasteiger partial charge in [-0.2, -0.15) is 8.78 Å². The molecule has 0 aromatic heterocycles. The van der Waals surface area contributed by atoms with Gasteiger partial charge in [-0.3, -0.25) is 0 Å². The molecule has 2 aromatic carbocycles. The maximum absolute atomic E-state index is 14.4. The van der Waals surface area contributed by atoms with Gasteiger partial charge in [0.15, 0.2) is 17.5 Å². The first-order valence-corrected chi connectivity index (χ1v) is 10.2. The lowest BCUT2D eigenvalue weighted by Crippen LogP contribution is -2.22. The summed E-state index contributed by atoms with van der Waals surface area (Å²) in [6, 6.07) is 6.63. The van der Waals surface area contributed by atoms with Crippen LogP contribution in [0.3, 0.4) is 0 Å². The van der Waals surface area contributed by atoms with Gasteiger partial charge < -0.3 is 4.74 Å². The molecule has 0 N–H and O–H groups in total. The van der Waals surface area contributed by atoms with Crippen molar-refractivity contribution in [1.82, 2.24) is 0 Å². The predicted molar refractivity (Wildman–Crippen MR) is 106 cm³/mol. The van der Waals surface area contributed by atoms with Crippen LogP contribution in [0, 0.1) is 23.4 Å². The molecule has 162 valence electrons. The van der Waals surface area contributed by atoms with Gasteiger partial charge in [-0.1, -0.05) is 24.6 Å². The molecule has 0 heterocycles. The number of allylic oxidation sites excluding steroid dienone is 1. The van der Waals surface area contributed by atoms with Crippen molar-refractivity contribution in [1.29, 1.82) is 0 Å². The first-order valence-electron chi connectivity index (χ1n) is 10.2. The van der Waals surface area contributed by atoms with E-state index >= 15 is 0 Å². The first-order chi connectivity index (χ1) is 14.3. The highest BCUT2D eigenvalue weighted by Gasteiger charge is 2.35. The number of alkyl halides is 2. The molecule has 6 heteroatoms. The summed E-state index contributed by atoms with van der Waals surface area (Å²) in [6.45, 7) is 3.74. The van der Waals surface area contributed by atoms with E-state index in [9.17, 15) is 22.0 Å². The fraction of sp³-hybridized carbons (Fsp3) is 0.417. The summed E-state index contributed by atoms with van der Waals surface area (Å²) in [7, 11) is 0. The Morgan fingerprint density at radius 2 is 1.57 bits per heavy atom. The van der Waals surface area contributed by atoms with Crippen LogP contribution in [0.25, 0.3) is 0 Å². The van der Waals surface area contributed by atoms with E-state index in [0.717, 1.165) is 50.0 Å². The van der Waals surface area contributed by atoms with E-state index < -0.39 is 34.9 Å². The van der Waals surface area contributed by atoms with Gasteiger partial charge in [0, 0.05) is 12.1 Å². The second-order valence-corrected chi connectivity index (χ2v) is 7.88. The molecule has 1 fully saturated rings. The Hall–Kier alpha value is -2.37. The standard InChI is InChI=1S/C24H25F5O/c1-2-3-4-5-16-6-8-17(9-7-16)18-10-12-19(13-11-18)24(28,29)30-20-14-21(25)23(27)22(26)15-20/h2,10-17H,1,3-9H2/t16-,17-. The molecular weight excluding hydrogens is 399 g/mol. The number of halogens is 5. The molecule has 30 heavy (non-hydrogen) atoms. The van der Waals surface area contributed by atoms with E-state index in [1.807, 2.05) is 6.08 Å². The Labute approximate surface area is 173 Å². The van der Waals surface area contributed by atoms with Gasteiger partial charge in [0.2, 0.25) is 0 Å². The lowest BCUT2D eigenvalue weighted by atomic mass is 9.77. The molecule has 0 radical (unpaired) electrons. The van der Waals surface area contributed by atoms with Crippen LogP contribution < -0.4 is 4.74 Å². The van der Waals surface area contributed by atoms with Crippen LogP contribution >= 0.6 is 0 Å². The summed E-state index contributed by atoms with van der Waals surface area (Å²) in [6.07, 6.45) is 5.84. The monoisotopic (exact) mass is 424 g/mol. The van der Waals surface area contributed by atoms with Crippen molar-refractivity contribution in [3.63, 3.8) is 0 Å². The third kappa shape index (κ3) is 5.41. The number of hydrogen-bond acceptors (Lipinski definition) is 1. The lowest BCUT2D eigenvalue weighted by molar-refractivity contribution is -0.185. The van der Waals surface area contributed by atoms with Crippen molar-refractivity contribution in [2.24, 2.45) is 5.92 Å². The van der Waals surface area contributed by atoms with E-state index in [4.69, 9.17) is 0 Å². The van der Waals surface area contributed by atoms with E-state index in [2.05, 4.69) is 11.3 Å². The lowest BCUT2D eigenvalue weighted by Gasteiger charge is -2.29. The third-order valence-corrected chi connectivity index (χ3v) is 5.79. The summed E-state index contributed by atoms with van der Waals surface area (Å²) < 4.78 is 72.8. The Morgan fingerprint density at radius 1 is 0.967 bits per heavy atom. The molecule has 0 atom stereocenters. The van der Waals surface area contributed by atoms with Gasteiger partial charge in [0.1, 0.15) is 5.75 Å². The number of benzene rings is 2. The molecule has 2 aromatic rings. The fourth-order valence-electron chi connectivity index (χ4n) is 4.08. The molecule has 3 rings (SSSR count). The highest BCUT2D eigenvalue weighted by Crippen LogP contribution is 2.39. The molecular formula is C24H25F5O. The van der Waals surface area contributed by atoms with Gasteiger partial charge in [-0.15, -0.1) is 6.58 Å². The van der Waals surface area contributed by atoms with E-state index in [0.29, 0.717) is 18.1 Å². The Bertz CT molecular complexity index is 831. The molecule has 0 bridgehead atoms. The van der Waals surface area contributed by atoms with Crippen LogP contribution in [-0.4, -0.2) is 0 Å². The minimum absolute atomic E-state index is 0.338. The van der Waals surface area contributed by atoms with Crippen molar-refractivity contribution in [2.45, 2.75) is 57.0 Å². The second-order valence-electron chi connectivity index (χ2n) is 7.88. The zero-order valence-electron chi connectivity index (χ0n) is 16.7. The smallest absolute Gasteiger partial charge is 0.426 e. The predicted octanol–water partition coefficient (Wildman–Crippen LogP) is 7.86. The van der Waals surface area contributed by atoms with Crippen LogP contribution in [0.5, 0.6) is 5.75 Å². The van der Waals surface area contributed by atoms with Crippen LogP contribution in [0.15, 0.2) is 49.1 Å². The average molecular weight is 424 g/mol. The normalized spacial score (nSPS) is 19.5. The quantitative estimate of drug-likeness (QED) is 0.181. The molecule has 1 aliphatic carbocycles. The van der Waals surface area contributed by atoms with E-state index in [1.54, 1.807) is 12.1 Å². The minimum atomic E-state index is -3.81. The van der Waals surface area contributed by atoms with Crippen LogP contribution in [0.1, 0.15) is 62.0 Å². The highest BCUT2D eigenvalue weighted by atomic mass is 19.3. The summed E-state index contributed by atoms with van der Waals surface area (Å²) in [5, 5.41) is 0. The summed E-state index contributed by atoms with van der Waals surface area (Å²) in [5.74, 6) is -4.63. The van der Waals surface area contributed by atoms with Gasteiger partial charge in [0.25, 0.3) is 0 Å². The van der Waals surface area contributed by atoms with Crippen LogP contribution in [-0.2, 0) is 6.11 Å². The average Bonchev–Trinajstić information content (AvgIpc) is 2.72. The molecule has 0 spiro atoms. The second kappa shape index (κ2) is 9.63. The topological polar surface area (TPSA) is 9.23 Å². The van der Waals surface area contributed by atoms with Crippen molar-refractivity contribution >= 4 is 0 Å². The number of hydrogen-bond donors (Lipinski definition) is 0. The molecule has 1 aliphatic rings. The minimum Gasteiger partial charge on any atom is -0.429 e. The third-order valence-electron chi connectivity index (χ3n) is 5.79. The van der Waals surface area contributed by atoms with Gasteiger partial charge >= 0.3 is 6.11 Å². The number of ether oxygens (including phenoxy) is 1. The Balaban J connectivity index is 1.61.